The van der Waals surface area contributed by atoms with Crippen molar-refractivity contribution in [1.29, 1.82) is 0 Å². The van der Waals surface area contributed by atoms with Crippen molar-refractivity contribution < 1.29 is 22.7 Å². The molecule has 0 aliphatic rings. The van der Waals surface area contributed by atoms with Crippen molar-refractivity contribution in [2.45, 2.75) is 6.30 Å². The molecule has 0 bridgehead atoms. The molecule has 0 heterocycles. The average Bonchev–Trinajstić information content (AvgIpc) is 2.15. The minimum absolute atomic E-state index is 0.129. The van der Waals surface area contributed by atoms with Gasteiger partial charge in [-0.05, 0) is 24.3 Å². The lowest BCUT2D eigenvalue weighted by atomic mass is 10.2. The van der Waals surface area contributed by atoms with Gasteiger partial charge >= 0.3 is 12.3 Å². The van der Waals surface area contributed by atoms with E-state index in [0.717, 1.165) is 12.1 Å². The first-order chi connectivity index (χ1) is 6.92. The van der Waals surface area contributed by atoms with E-state index >= 15 is 0 Å². The van der Waals surface area contributed by atoms with Gasteiger partial charge in [0.1, 0.15) is 0 Å². The molecule has 0 spiro atoms. The summed E-state index contributed by atoms with van der Waals surface area (Å²) in [6.07, 6.45) is -4.48. The number of benzene rings is 1. The second kappa shape index (κ2) is 4.20. The van der Waals surface area contributed by atoms with Crippen molar-refractivity contribution in [3.05, 3.63) is 29.8 Å². The van der Waals surface area contributed by atoms with Crippen LogP contribution in [-0.4, -0.2) is 19.4 Å². The average molecular weight is 219 g/mol. The maximum absolute atomic E-state index is 11.9. The van der Waals surface area contributed by atoms with E-state index in [9.17, 15) is 18.0 Å². The number of carbonyl (C=O) groups excluding carboxylic acids is 1. The van der Waals surface area contributed by atoms with Gasteiger partial charge in [0.15, 0.2) is 0 Å². The normalized spacial score (nSPS) is 10.9. The molecule has 0 aromatic heterocycles. The highest BCUT2D eigenvalue weighted by atomic mass is 19.4. The van der Waals surface area contributed by atoms with Gasteiger partial charge in [-0.15, -0.1) is 0 Å². The van der Waals surface area contributed by atoms with Gasteiger partial charge in [-0.1, -0.05) is 0 Å². The Morgan fingerprint density at radius 2 is 1.80 bits per heavy atom. The number of ether oxygens (including phenoxy) is 1. The van der Waals surface area contributed by atoms with Crippen LogP contribution in [-0.2, 0) is 4.74 Å². The maximum Gasteiger partial charge on any atom is 0.482 e. The minimum Gasteiger partial charge on any atom is -0.465 e. The first-order valence-electron chi connectivity index (χ1n) is 3.95. The number of hydrogen-bond acceptors (Lipinski definition) is 3. The highest BCUT2D eigenvalue weighted by Crippen LogP contribution is 2.19. The molecular weight excluding hydrogens is 211 g/mol. The second-order valence-electron chi connectivity index (χ2n) is 2.69. The van der Waals surface area contributed by atoms with Crippen LogP contribution in [0.15, 0.2) is 24.3 Å². The fourth-order valence-corrected chi connectivity index (χ4v) is 0.971. The fourth-order valence-electron chi connectivity index (χ4n) is 0.971. The number of hydrogen-bond donors (Lipinski definition) is 1. The summed E-state index contributed by atoms with van der Waals surface area (Å²) in [6.45, 7) is 0. The summed E-state index contributed by atoms with van der Waals surface area (Å²) in [4.78, 5) is 10.9. The molecule has 0 saturated heterocycles. The van der Waals surface area contributed by atoms with Crippen LogP contribution in [0.5, 0.6) is 0 Å². The molecule has 0 amide bonds. The van der Waals surface area contributed by atoms with Crippen molar-refractivity contribution in [2.75, 3.05) is 12.4 Å². The molecule has 15 heavy (non-hydrogen) atoms. The Bertz CT molecular complexity index is 345. The molecule has 6 heteroatoms. The highest BCUT2D eigenvalue weighted by molar-refractivity contribution is 5.89. The van der Waals surface area contributed by atoms with Crippen molar-refractivity contribution in [1.82, 2.24) is 0 Å². The molecule has 1 aromatic rings. The number of rotatable bonds is 2. The number of methoxy groups -OCH3 is 1. The number of alkyl halides is 3. The van der Waals surface area contributed by atoms with Crippen LogP contribution < -0.4 is 5.32 Å². The van der Waals surface area contributed by atoms with Gasteiger partial charge in [-0.3, -0.25) is 5.32 Å². The van der Waals surface area contributed by atoms with Crippen LogP contribution in [0.25, 0.3) is 0 Å². The lowest BCUT2D eigenvalue weighted by Crippen LogP contribution is -2.20. The summed E-state index contributed by atoms with van der Waals surface area (Å²) in [5.41, 5.74) is 0.0698. The molecule has 1 aromatic carbocycles. The van der Waals surface area contributed by atoms with E-state index in [0.29, 0.717) is 0 Å². The van der Waals surface area contributed by atoms with Gasteiger partial charge in [0.2, 0.25) is 0 Å². The monoisotopic (exact) mass is 219 g/mol. The Balaban J connectivity index is 2.77. The number of anilines is 1. The number of nitrogens with one attached hydrogen (secondary N) is 1. The van der Waals surface area contributed by atoms with Crippen molar-refractivity contribution >= 4 is 11.7 Å². The summed E-state index contributed by atoms with van der Waals surface area (Å²) in [6, 6.07) is 4.80. The largest absolute Gasteiger partial charge is 0.482 e. The Morgan fingerprint density at radius 1 is 1.27 bits per heavy atom. The summed E-state index contributed by atoms with van der Waals surface area (Å²) >= 11 is 0. The summed E-state index contributed by atoms with van der Waals surface area (Å²) in [5.74, 6) is -0.589. The molecule has 0 aliphatic carbocycles. The standard InChI is InChI=1S/C9H8F3NO2/c1-15-8(14)6-2-4-7(5-3-6)13-9(10,11)12/h2-5,13H,1H3. The van der Waals surface area contributed by atoms with E-state index in [-0.39, 0.29) is 11.3 Å². The molecule has 0 atom stereocenters. The lowest BCUT2D eigenvalue weighted by Gasteiger charge is -2.09. The molecular formula is C9H8F3NO2. The maximum atomic E-state index is 11.9. The van der Waals surface area contributed by atoms with Gasteiger partial charge in [0.25, 0.3) is 0 Å². The predicted octanol–water partition coefficient (Wildman–Crippen LogP) is 2.40. The number of carbonyl (C=O) groups is 1. The third kappa shape index (κ3) is 3.49. The zero-order valence-corrected chi connectivity index (χ0v) is 7.76. The highest BCUT2D eigenvalue weighted by Gasteiger charge is 2.26. The summed E-state index contributed by atoms with van der Waals surface area (Å²) < 4.78 is 40.0. The van der Waals surface area contributed by atoms with Crippen LogP contribution in [0.4, 0.5) is 18.9 Å². The van der Waals surface area contributed by atoms with E-state index in [2.05, 4.69) is 4.74 Å². The molecule has 0 radical (unpaired) electrons. The van der Waals surface area contributed by atoms with Gasteiger partial charge in [-0.25, -0.2) is 4.79 Å². The number of halogens is 3. The second-order valence-corrected chi connectivity index (χ2v) is 2.69. The zero-order valence-electron chi connectivity index (χ0n) is 7.76. The molecule has 1 N–H and O–H groups in total. The van der Waals surface area contributed by atoms with Crippen LogP contribution >= 0.6 is 0 Å². The van der Waals surface area contributed by atoms with E-state index in [1.54, 1.807) is 0 Å². The predicted molar refractivity (Wildman–Crippen MR) is 47.5 cm³/mol. The minimum atomic E-state index is -4.48. The van der Waals surface area contributed by atoms with E-state index in [4.69, 9.17) is 0 Å². The fraction of sp³-hybridized carbons (Fsp3) is 0.222. The van der Waals surface area contributed by atoms with E-state index < -0.39 is 12.3 Å². The van der Waals surface area contributed by atoms with Crippen molar-refractivity contribution in [3.63, 3.8) is 0 Å². The summed E-state index contributed by atoms with van der Waals surface area (Å²) in [5, 5.41) is 1.31. The Morgan fingerprint density at radius 3 is 2.20 bits per heavy atom. The van der Waals surface area contributed by atoms with Gasteiger partial charge in [0, 0.05) is 5.69 Å². The molecule has 3 nitrogen and oxygen atoms in total. The SMILES string of the molecule is COC(=O)c1ccc(NC(F)(F)F)cc1. The molecule has 82 valence electrons. The molecule has 0 fully saturated rings. The third-order valence-corrected chi connectivity index (χ3v) is 1.59. The van der Waals surface area contributed by atoms with Gasteiger partial charge in [-0.2, -0.15) is 13.2 Å². The molecule has 0 unspecified atom stereocenters. The summed E-state index contributed by atoms with van der Waals surface area (Å²) in [7, 11) is 1.20. The topological polar surface area (TPSA) is 38.3 Å². The van der Waals surface area contributed by atoms with Crippen LogP contribution in [0, 0.1) is 0 Å². The smallest absolute Gasteiger partial charge is 0.465 e. The molecule has 0 aliphatic heterocycles. The first-order valence-corrected chi connectivity index (χ1v) is 3.95. The van der Waals surface area contributed by atoms with Crippen LogP contribution in [0.1, 0.15) is 10.4 Å². The lowest BCUT2D eigenvalue weighted by molar-refractivity contribution is -0.0999. The van der Waals surface area contributed by atoms with Gasteiger partial charge in [0.05, 0.1) is 12.7 Å². The van der Waals surface area contributed by atoms with E-state index in [1.165, 1.54) is 24.6 Å². The Hall–Kier alpha value is -1.72. The van der Waals surface area contributed by atoms with Crippen molar-refractivity contribution in [3.8, 4) is 0 Å². The van der Waals surface area contributed by atoms with Crippen molar-refractivity contribution in [2.24, 2.45) is 0 Å². The zero-order chi connectivity index (χ0) is 11.5. The third-order valence-electron chi connectivity index (χ3n) is 1.59. The van der Waals surface area contributed by atoms with Gasteiger partial charge < -0.3 is 4.74 Å². The number of esters is 1. The molecule has 0 saturated carbocycles. The van der Waals surface area contributed by atoms with Crippen LogP contribution in [0.2, 0.25) is 0 Å². The first kappa shape index (κ1) is 11.4. The van der Waals surface area contributed by atoms with Crippen LogP contribution in [0.3, 0.4) is 0 Å². The Kier molecular flexibility index (Phi) is 3.18. The quantitative estimate of drug-likeness (QED) is 0.613. The Labute approximate surface area is 83.8 Å². The van der Waals surface area contributed by atoms with E-state index in [1.807, 2.05) is 0 Å². The molecule has 1 rings (SSSR count).